The molecule has 0 bridgehead atoms. The minimum absolute atomic E-state index is 0.500. The Balaban J connectivity index is 0.000000890. The Bertz CT molecular complexity index is 786. The minimum atomic E-state index is 0.500. The van der Waals surface area contributed by atoms with E-state index in [1.54, 1.807) is 0 Å². The smallest absolute Gasteiger partial charge is 0.0989 e. The maximum absolute atomic E-state index is 2.45. The van der Waals surface area contributed by atoms with Crippen LogP contribution in [0.4, 0.5) is 11.4 Å². The fourth-order valence-electron chi connectivity index (χ4n) is 4.40. The Hall–Kier alpha value is -1.49. The molecule has 0 aromatic heterocycles. The fraction of sp³-hybridized carbons (Fsp3) is 0.533. The van der Waals surface area contributed by atoms with Crippen molar-refractivity contribution in [2.75, 3.05) is 20.9 Å². The average Bonchev–Trinajstić information content (AvgIpc) is 3.27. The molecule has 0 atom stereocenters. The lowest BCUT2D eigenvalue weighted by molar-refractivity contribution is 0.803. The molecule has 1 heterocycles. The van der Waals surface area contributed by atoms with Crippen LogP contribution in [0.1, 0.15) is 115 Å². The van der Waals surface area contributed by atoms with Gasteiger partial charge in [-0.05, 0) is 56.8 Å². The third kappa shape index (κ3) is 6.77. The van der Waals surface area contributed by atoms with Gasteiger partial charge in [-0.1, -0.05) is 121 Å². The summed E-state index contributed by atoms with van der Waals surface area (Å²) >= 11 is 2.35. The molecule has 2 aromatic rings. The first-order valence-corrected chi connectivity index (χ1v) is 14.2. The summed E-state index contributed by atoms with van der Waals surface area (Å²) in [5.74, 6) is 2.00. The van der Waals surface area contributed by atoms with Crippen LogP contribution in [-0.2, 0) is 0 Å². The molecular weight excluding hydrogens is 515 g/mol. The summed E-state index contributed by atoms with van der Waals surface area (Å²) in [6.45, 7) is 21.4. The number of halogens is 1. The maximum Gasteiger partial charge on any atom is 0.0989 e. The summed E-state index contributed by atoms with van der Waals surface area (Å²) in [5.41, 5.74) is 8.52. The van der Waals surface area contributed by atoms with Crippen molar-refractivity contribution in [3.8, 4) is 0 Å². The van der Waals surface area contributed by atoms with Crippen molar-refractivity contribution in [1.82, 2.24) is 0 Å². The first-order valence-electron chi connectivity index (χ1n) is 12.7. The highest BCUT2D eigenvalue weighted by atomic mass is 127. The molecule has 0 N–H and O–H groups in total. The zero-order valence-corrected chi connectivity index (χ0v) is 24.5. The summed E-state index contributed by atoms with van der Waals surface area (Å²) in [5, 5.41) is 0. The first kappa shape index (κ1) is 27.8. The summed E-state index contributed by atoms with van der Waals surface area (Å²) in [7, 11) is 0. The Kier molecular flexibility index (Phi) is 10.8. The molecule has 0 saturated carbocycles. The van der Waals surface area contributed by atoms with Gasteiger partial charge in [-0.2, -0.15) is 0 Å². The molecule has 0 amide bonds. The zero-order chi connectivity index (χ0) is 24.7. The molecule has 3 heteroatoms. The van der Waals surface area contributed by atoms with E-state index < -0.39 is 0 Å². The van der Waals surface area contributed by atoms with Crippen molar-refractivity contribution in [2.24, 2.45) is 0 Å². The molecule has 2 aromatic carbocycles. The number of anilines is 2. The number of para-hydroxylation sites is 2. The van der Waals surface area contributed by atoms with Crippen molar-refractivity contribution >= 4 is 34.0 Å². The summed E-state index contributed by atoms with van der Waals surface area (Å²) < 4.78 is 1.29. The van der Waals surface area contributed by atoms with Crippen LogP contribution in [0.25, 0.3) is 0 Å². The lowest BCUT2D eigenvalue weighted by Crippen LogP contribution is -2.28. The number of nitrogens with zero attached hydrogens (tertiary/aromatic N) is 2. The highest BCUT2D eigenvalue weighted by Gasteiger charge is 2.26. The van der Waals surface area contributed by atoms with Crippen LogP contribution in [0.3, 0.4) is 0 Å². The normalized spacial score (nSPS) is 13.5. The number of benzene rings is 2. The standard InChI is InChI=1S/C27H38N2.C3H7I/c1-18(2)22-11-9-12-23(19(3)4)26(22)28-15-16-29(17-28)27-24(20(5)6)13-10-14-25(27)21(7)8;1-2-3-4/h9-16,18-21H,17H2,1-8H3;2-3H2,1H3. The van der Waals surface area contributed by atoms with Crippen LogP contribution in [0.15, 0.2) is 48.8 Å². The van der Waals surface area contributed by atoms with E-state index in [1.165, 1.54) is 44.5 Å². The molecule has 0 fully saturated rings. The molecule has 0 unspecified atom stereocenters. The van der Waals surface area contributed by atoms with Crippen molar-refractivity contribution < 1.29 is 0 Å². The highest BCUT2D eigenvalue weighted by Crippen LogP contribution is 2.40. The molecular formula is C30H45IN2. The van der Waals surface area contributed by atoms with Gasteiger partial charge in [-0.3, -0.25) is 0 Å². The number of alkyl halides is 1. The van der Waals surface area contributed by atoms with Gasteiger partial charge in [0.05, 0.1) is 6.67 Å². The van der Waals surface area contributed by atoms with Gasteiger partial charge in [-0.25, -0.2) is 0 Å². The molecule has 3 rings (SSSR count). The van der Waals surface area contributed by atoms with Crippen LogP contribution in [0.5, 0.6) is 0 Å². The molecule has 0 spiro atoms. The molecule has 0 aliphatic carbocycles. The minimum Gasteiger partial charge on any atom is -0.327 e. The van der Waals surface area contributed by atoms with E-state index >= 15 is 0 Å². The first-order chi connectivity index (χ1) is 15.6. The Labute approximate surface area is 217 Å². The van der Waals surface area contributed by atoms with E-state index in [-0.39, 0.29) is 0 Å². The lowest BCUT2D eigenvalue weighted by Gasteiger charge is -2.31. The van der Waals surface area contributed by atoms with Crippen LogP contribution >= 0.6 is 22.6 Å². The van der Waals surface area contributed by atoms with Gasteiger partial charge in [-0.15, -0.1) is 0 Å². The molecule has 2 nitrogen and oxygen atoms in total. The second-order valence-corrected chi connectivity index (χ2v) is 11.3. The second-order valence-electron chi connectivity index (χ2n) is 10.3. The topological polar surface area (TPSA) is 6.48 Å². The van der Waals surface area contributed by atoms with Gasteiger partial charge >= 0.3 is 0 Å². The number of hydrogen-bond acceptors (Lipinski definition) is 2. The summed E-state index contributed by atoms with van der Waals surface area (Å²) in [4.78, 5) is 4.90. The van der Waals surface area contributed by atoms with E-state index in [4.69, 9.17) is 0 Å². The van der Waals surface area contributed by atoms with Gasteiger partial charge < -0.3 is 9.80 Å². The van der Waals surface area contributed by atoms with E-state index in [0.29, 0.717) is 23.7 Å². The summed E-state index contributed by atoms with van der Waals surface area (Å²) in [6.07, 6.45) is 5.85. The predicted molar refractivity (Wildman–Crippen MR) is 157 cm³/mol. The lowest BCUT2D eigenvalue weighted by atomic mass is 9.91. The van der Waals surface area contributed by atoms with Crippen LogP contribution in [0, 0.1) is 0 Å². The van der Waals surface area contributed by atoms with Gasteiger partial charge in [0.15, 0.2) is 0 Å². The maximum atomic E-state index is 2.45. The highest BCUT2D eigenvalue weighted by molar-refractivity contribution is 14.1. The second kappa shape index (κ2) is 12.8. The quantitative estimate of drug-likeness (QED) is 0.246. The molecule has 0 radical (unpaired) electrons. The van der Waals surface area contributed by atoms with E-state index in [2.05, 4.69) is 144 Å². The van der Waals surface area contributed by atoms with Gasteiger partial charge in [0, 0.05) is 23.8 Å². The number of rotatable bonds is 7. The van der Waals surface area contributed by atoms with Crippen LogP contribution in [0.2, 0.25) is 0 Å². The van der Waals surface area contributed by atoms with Crippen LogP contribution < -0.4 is 9.80 Å². The molecule has 0 saturated heterocycles. The van der Waals surface area contributed by atoms with Gasteiger partial charge in [0.1, 0.15) is 0 Å². The van der Waals surface area contributed by atoms with Crippen molar-refractivity contribution in [1.29, 1.82) is 0 Å². The SMILES string of the molecule is CC(C)c1cccc(C(C)C)c1N1C=CN(c2c(C(C)C)cccc2C(C)C)C1.CCCI. The van der Waals surface area contributed by atoms with Gasteiger partial charge in [0.2, 0.25) is 0 Å². The monoisotopic (exact) mass is 560 g/mol. The Morgan fingerprint density at radius 2 is 0.909 bits per heavy atom. The molecule has 1 aliphatic heterocycles. The Morgan fingerprint density at radius 1 is 0.636 bits per heavy atom. The van der Waals surface area contributed by atoms with E-state index in [0.717, 1.165) is 6.67 Å². The van der Waals surface area contributed by atoms with Crippen molar-refractivity contribution in [3.05, 3.63) is 71.1 Å². The fourth-order valence-corrected chi connectivity index (χ4v) is 4.40. The van der Waals surface area contributed by atoms with Gasteiger partial charge in [0.25, 0.3) is 0 Å². The molecule has 1 aliphatic rings. The predicted octanol–water partition coefficient (Wildman–Crippen LogP) is 9.77. The van der Waals surface area contributed by atoms with E-state index in [1.807, 2.05) is 0 Å². The third-order valence-corrected chi connectivity index (χ3v) is 7.26. The van der Waals surface area contributed by atoms with E-state index in [9.17, 15) is 0 Å². The Morgan fingerprint density at radius 3 is 1.12 bits per heavy atom. The molecule has 33 heavy (non-hydrogen) atoms. The third-order valence-electron chi connectivity index (χ3n) is 6.18. The molecule has 182 valence electrons. The largest absolute Gasteiger partial charge is 0.327 e. The average molecular weight is 561 g/mol. The summed E-state index contributed by atoms with van der Waals surface area (Å²) in [6, 6.07) is 13.6. The zero-order valence-electron chi connectivity index (χ0n) is 22.3. The van der Waals surface area contributed by atoms with Crippen molar-refractivity contribution in [2.45, 2.75) is 92.4 Å². The number of hydrogen-bond donors (Lipinski definition) is 0. The van der Waals surface area contributed by atoms with Crippen molar-refractivity contribution in [3.63, 3.8) is 0 Å². The van der Waals surface area contributed by atoms with Crippen LogP contribution in [-0.4, -0.2) is 11.1 Å².